The highest BCUT2D eigenvalue weighted by molar-refractivity contribution is 5.80. The molecule has 0 aromatic heterocycles. The minimum absolute atomic E-state index is 0.439. The summed E-state index contributed by atoms with van der Waals surface area (Å²) in [6.07, 6.45) is 2.48. The molecule has 1 rings (SSSR count). The third-order valence-electron chi connectivity index (χ3n) is 4.54. The Morgan fingerprint density at radius 1 is 1.27 bits per heavy atom. The number of aliphatic imine (C=N–C) groups is 1. The molecular formula is C17H36N4O. The molecule has 0 amide bonds. The summed E-state index contributed by atoms with van der Waals surface area (Å²) >= 11 is 0. The van der Waals surface area contributed by atoms with E-state index in [1.807, 2.05) is 0 Å². The molecule has 0 saturated carbocycles. The standard InChI is InChI=1S/C17H36N4O/c1-6-18-17(20-15(4)14(2)3)19-13-16-7-9-21(10-8-16)11-12-22-5/h14-16H,6-13H2,1-5H3,(H2,18,19,20). The number of nitrogens with one attached hydrogen (secondary N) is 2. The normalized spacial score (nSPS) is 19.5. The van der Waals surface area contributed by atoms with Gasteiger partial charge in [0, 0.05) is 32.8 Å². The van der Waals surface area contributed by atoms with Crippen LogP contribution in [0, 0.1) is 11.8 Å². The molecule has 0 bridgehead atoms. The van der Waals surface area contributed by atoms with Crippen molar-refractivity contribution in [2.45, 2.75) is 46.6 Å². The molecule has 5 heteroatoms. The Morgan fingerprint density at radius 2 is 1.95 bits per heavy atom. The molecule has 1 aliphatic heterocycles. The van der Waals surface area contributed by atoms with Gasteiger partial charge in [-0.05, 0) is 51.6 Å². The Kier molecular flexibility index (Phi) is 9.48. The summed E-state index contributed by atoms with van der Waals surface area (Å²) in [4.78, 5) is 7.29. The van der Waals surface area contributed by atoms with Crippen molar-refractivity contribution in [3.05, 3.63) is 0 Å². The van der Waals surface area contributed by atoms with Crippen LogP contribution in [0.5, 0.6) is 0 Å². The smallest absolute Gasteiger partial charge is 0.191 e. The van der Waals surface area contributed by atoms with Crippen LogP contribution in [0.25, 0.3) is 0 Å². The van der Waals surface area contributed by atoms with Gasteiger partial charge in [-0.25, -0.2) is 0 Å². The number of likely N-dealkylation sites (tertiary alicyclic amines) is 1. The number of ether oxygens (including phenoxy) is 1. The highest BCUT2D eigenvalue weighted by Gasteiger charge is 2.19. The third-order valence-corrected chi connectivity index (χ3v) is 4.54. The molecular weight excluding hydrogens is 276 g/mol. The van der Waals surface area contributed by atoms with Gasteiger partial charge in [-0.15, -0.1) is 0 Å². The van der Waals surface area contributed by atoms with Crippen LogP contribution >= 0.6 is 0 Å². The number of hydrogen-bond donors (Lipinski definition) is 2. The fourth-order valence-electron chi connectivity index (χ4n) is 2.54. The number of nitrogens with zero attached hydrogens (tertiary/aromatic N) is 2. The summed E-state index contributed by atoms with van der Waals surface area (Å²) < 4.78 is 5.15. The summed E-state index contributed by atoms with van der Waals surface area (Å²) in [5.41, 5.74) is 0. The van der Waals surface area contributed by atoms with Gasteiger partial charge in [-0.1, -0.05) is 13.8 Å². The fourth-order valence-corrected chi connectivity index (χ4v) is 2.54. The molecule has 0 radical (unpaired) electrons. The van der Waals surface area contributed by atoms with Crippen molar-refractivity contribution >= 4 is 5.96 Å². The van der Waals surface area contributed by atoms with Gasteiger partial charge >= 0.3 is 0 Å². The maximum atomic E-state index is 5.15. The van der Waals surface area contributed by atoms with E-state index in [2.05, 4.69) is 43.2 Å². The van der Waals surface area contributed by atoms with Crippen molar-refractivity contribution in [2.24, 2.45) is 16.8 Å². The van der Waals surface area contributed by atoms with Crippen molar-refractivity contribution in [3.63, 3.8) is 0 Å². The number of rotatable bonds is 8. The van der Waals surface area contributed by atoms with E-state index in [9.17, 15) is 0 Å². The quantitative estimate of drug-likeness (QED) is 0.531. The average molecular weight is 313 g/mol. The summed E-state index contributed by atoms with van der Waals surface area (Å²) in [7, 11) is 1.77. The predicted molar refractivity (Wildman–Crippen MR) is 94.5 cm³/mol. The molecule has 22 heavy (non-hydrogen) atoms. The number of piperidine rings is 1. The van der Waals surface area contributed by atoms with Crippen molar-refractivity contribution in [1.29, 1.82) is 0 Å². The van der Waals surface area contributed by atoms with Gasteiger partial charge in [0.2, 0.25) is 0 Å². The van der Waals surface area contributed by atoms with E-state index in [1.54, 1.807) is 7.11 Å². The largest absolute Gasteiger partial charge is 0.383 e. The average Bonchev–Trinajstić information content (AvgIpc) is 2.51. The topological polar surface area (TPSA) is 48.9 Å². The predicted octanol–water partition coefficient (Wildman–Crippen LogP) is 1.94. The minimum Gasteiger partial charge on any atom is -0.383 e. The molecule has 0 spiro atoms. The molecule has 5 nitrogen and oxygen atoms in total. The van der Waals surface area contributed by atoms with Crippen LogP contribution in [0.2, 0.25) is 0 Å². The van der Waals surface area contributed by atoms with Crippen LogP contribution < -0.4 is 10.6 Å². The van der Waals surface area contributed by atoms with Gasteiger partial charge in [0.1, 0.15) is 0 Å². The maximum Gasteiger partial charge on any atom is 0.191 e. The first kappa shape index (κ1) is 19.2. The van der Waals surface area contributed by atoms with Crippen molar-refractivity contribution in [2.75, 3.05) is 46.4 Å². The molecule has 1 heterocycles. The molecule has 0 aromatic carbocycles. The van der Waals surface area contributed by atoms with Crippen LogP contribution in [0.15, 0.2) is 4.99 Å². The van der Waals surface area contributed by atoms with Gasteiger partial charge in [0.05, 0.1) is 6.61 Å². The lowest BCUT2D eigenvalue weighted by atomic mass is 9.97. The zero-order valence-electron chi connectivity index (χ0n) is 15.2. The zero-order valence-corrected chi connectivity index (χ0v) is 15.2. The van der Waals surface area contributed by atoms with Crippen LogP contribution in [-0.2, 0) is 4.74 Å². The van der Waals surface area contributed by atoms with Crippen LogP contribution in [-0.4, -0.2) is 63.3 Å². The van der Waals surface area contributed by atoms with E-state index >= 15 is 0 Å². The van der Waals surface area contributed by atoms with Gasteiger partial charge in [-0.3, -0.25) is 4.99 Å². The lowest BCUT2D eigenvalue weighted by molar-refractivity contribution is 0.121. The van der Waals surface area contributed by atoms with E-state index in [4.69, 9.17) is 9.73 Å². The van der Waals surface area contributed by atoms with Crippen LogP contribution in [0.1, 0.15) is 40.5 Å². The number of hydrogen-bond acceptors (Lipinski definition) is 3. The van der Waals surface area contributed by atoms with Crippen molar-refractivity contribution < 1.29 is 4.74 Å². The van der Waals surface area contributed by atoms with E-state index in [0.717, 1.165) is 32.2 Å². The Balaban J connectivity index is 2.37. The summed E-state index contributed by atoms with van der Waals surface area (Å²) in [5.74, 6) is 2.28. The number of guanidine groups is 1. The molecule has 130 valence electrons. The molecule has 2 N–H and O–H groups in total. The Bertz CT molecular complexity index is 312. The van der Waals surface area contributed by atoms with Crippen molar-refractivity contribution in [3.8, 4) is 0 Å². The summed E-state index contributed by atoms with van der Waals surface area (Å²) in [6, 6.07) is 0.439. The molecule has 0 aromatic rings. The van der Waals surface area contributed by atoms with Gasteiger partial charge < -0.3 is 20.3 Å². The van der Waals surface area contributed by atoms with Crippen LogP contribution in [0.4, 0.5) is 0 Å². The second kappa shape index (κ2) is 10.8. The first-order valence-corrected chi connectivity index (χ1v) is 8.82. The van der Waals surface area contributed by atoms with E-state index in [1.165, 1.54) is 25.9 Å². The van der Waals surface area contributed by atoms with Crippen molar-refractivity contribution in [1.82, 2.24) is 15.5 Å². The second-order valence-electron chi connectivity index (χ2n) is 6.67. The summed E-state index contributed by atoms with van der Waals surface area (Å²) in [6.45, 7) is 14.9. The molecule has 1 saturated heterocycles. The minimum atomic E-state index is 0.439. The number of methoxy groups -OCH3 is 1. The Labute approximate surface area is 136 Å². The highest BCUT2D eigenvalue weighted by Crippen LogP contribution is 2.17. The molecule has 1 unspecified atom stereocenters. The Hall–Kier alpha value is -0.810. The van der Waals surface area contributed by atoms with Gasteiger partial charge in [-0.2, -0.15) is 0 Å². The SMILES string of the molecule is CCNC(=NCC1CCN(CCOC)CC1)NC(C)C(C)C. The highest BCUT2D eigenvalue weighted by atomic mass is 16.5. The molecule has 1 atom stereocenters. The first-order valence-electron chi connectivity index (χ1n) is 8.82. The van der Waals surface area contributed by atoms with E-state index < -0.39 is 0 Å². The summed E-state index contributed by atoms with van der Waals surface area (Å²) in [5, 5.41) is 6.86. The molecule has 1 aliphatic rings. The molecule has 0 aliphatic carbocycles. The monoisotopic (exact) mass is 312 g/mol. The van der Waals surface area contributed by atoms with Gasteiger partial charge in [0.15, 0.2) is 5.96 Å². The van der Waals surface area contributed by atoms with E-state index in [0.29, 0.717) is 17.9 Å². The molecule has 1 fully saturated rings. The maximum absolute atomic E-state index is 5.15. The zero-order chi connectivity index (χ0) is 16.4. The fraction of sp³-hybridized carbons (Fsp3) is 0.941. The second-order valence-corrected chi connectivity index (χ2v) is 6.67. The first-order chi connectivity index (χ1) is 10.6. The van der Waals surface area contributed by atoms with Crippen LogP contribution in [0.3, 0.4) is 0 Å². The van der Waals surface area contributed by atoms with E-state index in [-0.39, 0.29) is 0 Å². The third kappa shape index (κ3) is 7.45. The lowest BCUT2D eigenvalue weighted by Crippen LogP contribution is -2.44. The Morgan fingerprint density at radius 3 is 2.50 bits per heavy atom. The lowest BCUT2D eigenvalue weighted by Gasteiger charge is -2.31. The van der Waals surface area contributed by atoms with Gasteiger partial charge in [0.25, 0.3) is 0 Å².